The highest BCUT2D eigenvalue weighted by molar-refractivity contribution is 7.28. The summed E-state index contributed by atoms with van der Waals surface area (Å²) in [6.07, 6.45) is 1.84. The van der Waals surface area contributed by atoms with E-state index in [1.54, 1.807) is 5.82 Å². The van der Waals surface area contributed by atoms with E-state index in [2.05, 4.69) is 0 Å². The fourth-order valence-electron chi connectivity index (χ4n) is 0.694. The highest BCUT2D eigenvalue weighted by Crippen LogP contribution is 2.04. The molecule has 0 saturated carbocycles. The Morgan fingerprint density at radius 3 is 2.50 bits per heavy atom. The van der Waals surface area contributed by atoms with Crippen LogP contribution in [0.5, 0.6) is 0 Å². The van der Waals surface area contributed by atoms with E-state index in [9.17, 15) is 4.57 Å². The molecule has 1 aromatic rings. The van der Waals surface area contributed by atoms with E-state index in [1.165, 1.54) is 0 Å². The molecular weight excluding hydrogens is 143 g/mol. The van der Waals surface area contributed by atoms with Crippen molar-refractivity contribution in [3.63, 3.8) is 0 Å². The first-order chi connectivity index (χ1) is 4.93. The van der Waals surface area contributed by atoms with Crippen LogP contribution in [0.2, 0.25) is 0 Å². The molecular formula is C8H8OP+. The van der Waals surface area contributed by atoms with E-state index in [0.717, 1.165) is 5.56 Å². The molecule has 10 heavy (non-hydrogen) atoms. The summed E-state index contributed by atoms with van der Waals surface area (Å²) in [4.78, 5) is 0. The fraction of sp³-hybridized carbons (Fsp3) is 0. The zero-order valence-corrected chi connectivity index (χ0v) is 6.45. The minimum Gasteiger partial charge on any atom is -0.0714 e. The Morgan fingerprint density at radius 1 is 1.20 bits per heavy atom. The van der Waals surface area contributed by atoms with Crippen LogP contribution in [0.15, 0.2) is 36.1 Å². The standard InChI is InChI=1S/C8H7OP/c9-10-7-6-8-4-2-1-3-5-8/h1-7H/p+1. The van der Waals surface area contributed by atoms with Gasteiger partial charge in [-0.15, -0.1) is 0 Å². The Balaban J connectivity index is 2.76. The summed E-state index contributed by atoms with van der Waals surface area (Å²) in [5, 5.41) is 0. The predicted molar refractivity (Wildman–Crippen MR) is 44.5 cm³/mol. The van der Waals surface area contributed by atoms with Crippen molar-refractivity contribution in [2.75, 3.05) is 0 Å². The van der Waals surface area contributed by atoms with E-state index < -0.39 is 0 Å². The average Bonchev–Trinajstić information content (AvgIpc) is 2.03. The number of hydrogen-bond donors (Lipinski definition) is 0. The lowest BCUT2D eigenvalue weighted by Crippen LogP contribution is -1.64. The van der Waals surface area contributed by atoms with Crippen molar-refractivity contribution >= 4 is 14.5 Å². The lowest BCUT2D eigenvalue weighted by Gasteiger charge is -1.85. The molecule has 50 valence electrons. The molecule has 0 heterocycles. The summed E-state index contributed by atoms with van der Waals surface area (Å²) < 4.78 is 10.0. The second-order valence-electron chi connectivity index (χ2n) is 1.86. The van der Waals surface area contributed by atoms with Gasteiger partial charge in [0.15, 0.2) is 5.82 Å². The Morgan fingerprint density at radius 2 is 1.90 bits per heavy atom. The van der Waals surface area contributed by atoms with Crippen molar-refractivity contribution in [3.05, 3.63) is 41.7 Å². The SMILES string of the molecule is O=[PH+]C=Cc1ccccc1. The van der Waals surface area contributed by atoms with Gasteiger partial charge in [0.2, 0.25) is 0 Å². The van der Waals surface area contributed by atoms with Gasteiger partial charge in [0.1, 0.15) is 0 Å². The second-order valence-corrected chi connectivity index (χ2v) is 2.43. The Kier molecular flexibility index (Phi) is 2.85. The van der Waals surface area contributed by atoms with Crippen LogP contribution in [-0.4, -0.2) is 0 Å². The van der Waals surface area contributed by atoms with E-state index in [0.29, 0.717) is 0 Å². The van der Waals surface area contributed by atoms with Crippen LogP contribution >= 0.6 is 8.46 Å². The molecule has 1 rings (SSSR count). The molecule has 0 radical (unpaired) electrons. The van der Waals surface area contributed by atoms with Gasteiger partial charge in [0, 0.05) is 0 Å². The van der Waals surface area contributed by atoms with Gasteiger partial charge in [-0.1, -0.05) is 34.9 Å². The minimum atomic E-state index is -0.347. The smallest absolute Gasteiger partial charge is 0.0714 e. The zero-order chi connectivity index (χ0) is 7.23. The Bertz CT molecular complexity index is 228. The molecule has 0 aromatic heterocycles. The monoisotopic (exact) mass is 151 g/mol. The molecule has 0 aliphatic rings. The molecule has 0 spiro atoms. The van der Waals surface area contributed by atoms with Crippen LogP contribution < -0.4 is 0 Å². The van der Waals surface area contributed by atoms with Gasteiger partial charge in [-0.25, -0.2) is 0 Å². The number of rotatable bonds is 2. The van der Waals surface area contributed by atoms with Gasteiger partial charge in [-0.05, 0) is 11.6 Å². The van der Waals surface area contributed by atoms with E-state index in [1.807, 2.05) is 36.4 Å². The van der Waals surface area contributed by atoms with Crippen LogP contribution in [0.4, 0.5) is 0 Å². The molecule has 1 aromatic carbocycles. The Hall–Kier alpha value is -0.940. The van der Waals surface area contributed by atoms with Crippen molar-refractivity contribution in [2.24, 2.45) is 0 Å². The van der Waals surface area contributed by atoms with Gasteiger partial charge in [0.05, 0.1) is 0 Å². The van der Waals surface area contributed by atoms with Crippen molar-refractivity contribution in [1.29, 1.82) is 0 Å². The first-order valence-corrected chi connectivity index (χ1v) is 4.01. The summed E-state index contributed by atoms with van der Waals surface area (Å²) in [6.45, 7) is 0. The van der Waals surface area contributed by atoms with Crippen molar-refractivity contribution in [3.8, 4) is 0 Å². The maximum atomic E-state index is 10.0. The van der Waals surface area contributed by atoms with Gasteiger partial charge >= 0.3 is 8.46 Å². The minimum absolute atomic E-state index is 0.347. The Labute approximate surface area is 61.6 Å². The molecule has 0 aliphatic carbocycles. The molecule has 0 N–H and O–H groups in total. The second kappa shape index (κ2) is 3.97. The molecule has 1 atom stereocenters. The largest absolute Gasteiger partial charge is 0.355 e. The van der Waals surface area contributed by atoms with Gasteiger partial charge in [0.25, 0.3) is 0 Å². The molecule has 0 aliphatic heterocycles. The molecule has 1 unspecified atom stereocenters. The molecule has 2 heteroatoms. The third-order valence-electron chi connectivity index (χ3n) is 1.14. The summed E-state index contributed by atoms with van der Waals surface area (Å²) >= 11 is 0. The molecule has 0 bridgehead atoms. The highest BCUT2D eigenvalue weighted by Gasteiger charge is 1.82. The quantitative estimate of drug-likeness (QED) is 0.594. The van der Waals surface area contributed by atoms with Crippen LogP contribution in [0, 0.1) is 0 Å². The first-order valence-electron chi connectivity index (χ1n) is 3.03. The number of hydrogen-bond acceptors (Lipinski definition) is 1. The summed E-state index contributed by atoms with van der Waals surface area (Å²) in [5.74, 6) is 1.63. The molecule has 0 saturated heterocycles. The summed E-state index contributed by atoms with van der Waals surface area (Å²) in [7, 11) is -0.347. The first kappa shape index (κ1) is 7.17. The summed E-state index contributed by atoms with van der Waals surface area (Å²) in [6, 6.07) is 9.80. The van der Waals surface area contributed by atoms with Gasteiger partial charge in [-0.2, -0.15) is 0 Å². The predicted octanol–water partition coefficient (Wildman–Crippen LogP) is 2.68. The van der Waals surface area contributed by atoms with Gasteiger partial charge < -0.3 is 0 Å². The van der Waals surface area contributed by atoms with Crippen LogP contribution in [0.3, 0.4) is 0 Å². The van der Waals surface area contributed by atoms with Crippen molar-refractivity contribution in [2.45, 2.75) is 0 Å². The third-order valence-corrected chi connectivity index (χ3v) is 1.45. The summed E-state index contributed by atoms with van der Waals surface area (Å²) in [5.41, 5.74) is 1.09. The van der Waals surface area contributed by atoms with E-state index >= 15 is 0 Å². The van der Waals surface area contributed by atoms with Crippen molar-refractivity contribution in [1.82, 2.24) is 0 Å². The molecule has 0 fully saturated rings. The maximum Gasteiger partial charge on any atom is 0.355 e. The van der Waals surface area contributed by atoms with Crippen LogP contribution in [0.1, 0.15) is 5.56 Å². The molecule has 1 nitrogen and oxygen atoms in total. The van der Waals surface area contributed by atoms with E-state index in [-0.39, 0.29) is 8.46 Å². The van der Waals surface area contributed by atoms with E-state index in [4.69, 9.17) is 0 Å². The lowest BCUT2D eigenvalue weighted by molar-refractivity contribution is 0.603. The maximum absolute atomic E-state index is 10.0. The topological polar surface area (TPSA) is 17.1 Å². The highest BCUT2D eigenvalue weighted by atomic mass is 31.1. The lowest BCUT2D eigenvalue weighted by atomic mass is 10.2. The number of benzene rings is 1. The average molecular weight is 151 g/mol. The normalized spacial score (nSPS) is 10.8. The van der Waals surface area contributed by atoms with Crippen LogP contribution in [-0.2, 0) is 4.57 Å². The third kappa shape index (κ3) is 2.12. The van der Waals surface area contributed by atoms with Crippen LogP contribution in [0.25, 0.3) is 6.08 Å². The fourth-order valence-corrected chi connectivity index (χ4v) is 0.955. The van der Waals surface area contributed by atoms with Gasteiger partial charge in [-0.3, -0.25) is 0 Å². The zero-order valence-electron chi connectivity index (χ0n) is 5.45. The molecule has 0 amide bonds. The van der Waals surface area contributed by atoms with Crippen molar-refractivity contribution < 1.29 is 4.57 Å².